The molecule has 3 nitrogen and oxygen atoms in total. The molecule has 1 aromatic carbocycles. The van der Waals surface area contributed by atoms with Crippen molar-refractivity contribution in [3.63, 3.8) is 0 Å². The molecule has 0 heterocycles. The molecule has 0 saturated carbocycles. The molecular weight excluding hydrogens is 250 g/mol. The maximum absolute atomic E-state index is 10.6. The van der Waals surface area contributed by atoms with Crippen LogP contribution in [0.5, 0.6) is 0 Å². The van der Waals surface area contributed by atoms with Gasteiger partial charge in [-0.15, -0.1) is 0 Å². The van der Waals surface area contributed by atoms with Gasteiger partial charge in [0, 0.05) is 18.1 Å². The second-order valence-corrected chi connectivity index (χ2v) is 4.77. The van der Waals surface area contributed by atoms with Gasteiger partial charge >= 0.3 is 5.97 Å². The van der Waals surface area contributed by atoms with Gasteiger partial charge in [-0.3, -0.25) is 9.69 Å². The Balaban J connectivity index is 2.59. The molecular formula is C14H20ClNO2. The summed E-state index contributed by atoms with van der Waals surface area (Å²) in [4.78, 5) is 12.8. The van der Waals surface area contributed by atoms with E-state index in [4.69, 9.17) is 16.7 Å². The van der Waals surface area contributed by atoms with Crippen molar-refractivity contribution < 1.29 is 9.90 Å². The highest BCUT2D eigenvalue weighted by Gasteiger charge is 2.09. The summed E-state index contributed by atoms with van der Waals surface area (Å²) in [6.45, 7) is 4.33. The summed E-state index contributed by atoms with van der Waals surface area (Å²) in [7, 11) is 0. The Hall–Kier alpha value is -1.06. The van der Waals surface area contributed by atoms with Crippen molar-refractivity contribution in [3.05, 3.63) is 34.9 Å². The van der Waals surface area contributed by atoms with E-state index in [0.29, 0.717) is 13.1 Å². The smallest absolute Gasteiger partial charge is 0.304 e. The zero-order valence-corrected chi connectivity index (χ0v) is 11.5. The van der Waals surface area contributed by atoms with Crippen molar-refractivity contribution >= 4 is 17.6 Å². The Morgan fingerprint density at radius 2 is 2.06 bits per heavy atom. The fourth-order valence-electron chi connectivity index (χ4n) is 1.77. The van der Waals surface area contributed by atoms with Gasteiger partial charge in [0.25, 0.3) is 0 Å². The van der Waals surface area contributed by atoms with Gasteiger partial charge in [-0.1, -0.05) is 43.1 Å². The van der Waals surface area contributed by atoms with Crippen LogP contribution in [0, 0.1) is 0 Å². The Morgan fingerprint density at radius 3 is 2.67 bits per heavy atom. The molecule has 0 unspecified atom stereocenters. The average Bonchev–Trinajstić information content (AvgIpc) is 2.35. The molecule has 0 aliphatic carbocycles. The molecule has 1 aromatic rings. The van der Waals surface area contributed by atoms with Gasteiger partial charge < -0.3 is 5.11 Å². The SMILES string of the molecule is CCCCN(CCC(=O)O)Cc1ccccc1Cl. The third kappa shape index (κ3) is 5.52. The first-order valence-corrected chi connectivity index (χ1v) is 6.68. The van der Waals surface area contributed by atoms with Crippen LogP contribution in [0.15, 0.2) is 24.3 Å². The molecule has 0 atom stereocenters. The molecule has 0 amide bonds. The summed E-state index contributed by atoms with van der Waals surface area (Å²) in [5, 5.41) is 9.50. The van der Waals surface area contributed by atoms with Gasteiger partial charge in [0.1, 0.15) is 0 Å². The highest BCUT2D eigenvalue weighted by atomic mass is 35.5. The minimum absolute atomic E-state index is 0.175. The summed E-state index contributed by atoms with van der Waals surface area (Å²) < 4.78 is 0. The van der Waals surface area contributed by atoms with E-state index in [-0.39, 0.29) is 6.42 Å². The topological polar surface area (TPSA) is 40.5 Å². The molecule has 1 rings (SSSR count). The minimum atomic E-state index is -0.754. The van der Waals surface area contributed by atoms with Crippen molar-refractivity contribution in [2.75, 3.05) is 13.1 Å². The van der Waals surface area contributed by atoms with Crippen molar-refractivity contribution in [3.8, 4) is 0 Å². The first-order valence-electron chi connectivity index (χ1n) is 6.31. The number of halogens is 1. The van der Waals surface area contributed by atoms with E-state index in [1.165, 1.54) is 0 Å². The van der Waals surface area contributed by atoms with E-state index in [9.17, 15) is 4.79 Å². The maximum atomic E-state index is 10.6. The quantitative estimate of drug-likeness (QED) is 0.786. The van der Waals surface area contributed by atoms with Crippen LogP contribution in [-0.4, -0.2) is 29.1 Å². The van der Waals surface area contributed by atoms with E-state index in [1.54, 1.807) is 0 Å². The molecule has 100 valence electrons. The van der Waals surface area contributed by atoms with Crippen LogP contribution in [-0.2, 0) is 11.3 Å². The van der Waals surface area contributed by atoms with Gasteiger partial charge in [-0.25, -0.2) is 0 Å². The number of aliphatic carboxylic acids is 1. The lowest BCUT2D eigenvalue weighted by molar-refractivity contribution is -0.137. The van der Waals surface area contributed by atoms with Gasteiger partial charge in [0.15, 0.2) is 0 Å². The van der Waals surface area contributed by atoms with Gasteiger partial charge in [-0.2, -0.15) is 0 Å². The monoisotopic (exact) mass is 269 g/mol. The number of hydrogen-bond acceptors (Lipinski definition) is 2. The molecule has 0 aromatic heterocycles. The predicted octanol–water partition coefficient (Wildman–Crippen LogP) is 3.42. The average molecular weight is 270 g/mol. The maximum Gasteiger partial charge on any atom is 0.304 e. The molecule has 0 saturated heterocycles. The third-order valence-electron chi connectivity index (χ3n) is 2.82. The highest BCUT2D eigenvalue weighted by molar-refractivity contribution is 6.31. The normalized spacial score (nSPS) is 10.8. The molecule has 4 heteroatoms. The summed E-state index contributed by atoms with van der Waals surface area (Å²) in [6.07, 6.45) is 2.35. The molecule has 0 fully saturated rings. The van der Waals surface area contributed by atoms with Crippen LogP contribution in [0.4, 0.5) is 0 Å². The van der Waals surface area contributed by atoms with E-state index in [1.807, 2.05) is 24.3 Å². The largest absolute Gasteiger partial charge is 0.481 e. The number of hydrogen-bond donors (Lipinski definition) is 1. The fourth-order valence-corrected chi connectivity index (χ4v) is 1.97. The Kier molecular flexibility index (Phi) is 6.76. The molecule has 1 N–H and O–H groups in total. The van der Waals surface area contributed by atoms with Gasteiger partial charge in [-0.05, 0) is 24.6 Å². The first-order chi connectivity index (χ1) is 8.63. The molecule has 0 bridgehead atoms. The summed E-state index contributed by atoms with van der Waals surface area (Å²) in [5.74, 6) is -0.754. The second kappa shape index (κ2) is 8.11. The van der Waals surface area contributed by atoms with Crippen LogP contribution < -0.4 is 0 Å². The summed E-state index contributed by atoms with van der Waals surface area (Å²) in [6, 6.07) is 7.71. The van der Waals surface area contributed by atoms with Crippen LogP contribution in [0.25, 0.3) is 0 Å². The summed E-state index contributed by atoms with van der Waals surface area (Å²) in [5.41, 5.74) is 1.06. The number of benzene rings is 1. The molecule has 0 aliphatic heterocycles. The number of nitrogens with zero attached hydrogens (tertiary/aromatic N) is 1. The van der Waals surface area contributed by atoms with Crippen molar-refractivity contribution in [2.24, 2.45) is 0 Å². The standard InChI is InChI=1S/C14H20ClNO2/c1-2-3-9-16(10-8-14(17)18)11-12-6-4-5-7-13(12)15/h4-7H,2-3,8-11H2,1H3,(H,17,18). The van der Waals surface area contributed by atoms with Gasteiger partial charge in [0.05, 0.1) is 6.42 Å². The number of rotatable bonds is 8. The highest BCUT2D eigenvalue weighted by Crippen LogP contribution is 2.17. The van der Waals surface area contributed by atoms with Gasteiger partial charge in [0.2, 0.25) is 0 Å². The second-order valence-electron chi connectivity index (χ2n) is 4.36. The third-order valence-corrected chi connectivity index (χ3v) is 3.19. The van der Waals surface area contributed by atoms with Crippen LogP contribution in [0.2, 0.25) is 5.02 Å². The van der Waals surface area contributed by atoms with E-state index < -0.39 is 5.97 Å². The van der Waals surface area contributed by atoms with Crippen LogP contribution in [0.1, 0.15) is 31.7 Å². The minimum Gasteiger partial charge on any atom is -0.481 e. The lowest BCUT2D eigenvalue weighted by Gasteiger charge is -2.21. The van der Waals surface area contributed by atoms with Crippen molar-refractivity contribution in [1.82, 2.24) is 4.90 Å². The number of carbonyl (C=O) groups is 1. The molecule has 0 spiro atoms. The van der Waals surface area contributed by atoms with E-state index >= 15 is 0 Å². The van der Waals surface area contributed by atoms with Crippen LogP contribution in [0.3, 0.4) is 0 Å². The fraction of sp³-hybridized carbons (Fsp3) is 0.500. The molecule has 0 radical (unpaired) electrons. The number of carboxylic acids is 1. The Labute approximate surface area is 113 Å². The van der Waals surface area contributed by atoms with E-state index in [2.05, 4.69) is 11.8 Å². The zero-order valence-electron chi connectivity index (χ0n) is 10.7. The lowest BCUT2D eigenvalue weighted by Crippen LogP contribution is -2.27. The Morgan fingerprint density at radius 1 is 1.33 bits per heavy atom. The molecule has 18 heavy (non-hydrogen) atoms. The first kappa shape index (κ1) is 15.0. The van der Waals surface area contributed by atoms with Crippen LogP contribution >= 0.6 is 11.6 Å². The zero-order chi connectivity index (χ0) is 13.4. The number of unbranched alkanes of at least 4 members (excludes halogenated alkanes) is 1. The van der Waals surface area contributed by atoms with E-state index in [0.717, 1.165) is 30.0 Å². The Bertz CT molecular complexity index is 382. The van der Waals surface area contributed by atoms with Crippen molar-refractivity contribution in [2.45, 2.75) is 32.7 Å². The lowest BCUT2D eigenvalue weighted by atomic mass is 10.2. The van der Waals surface area contributed by atoms with Crippen molar-refractivity contribution in [1.29, 1.82) is 0 Å². The number of carboxylic acid groups (broad SMARTS) is 1. The predicted molar refractivity (Wildman–Crippen MR) is 73.9 cm³/mol. The molecule has 0 aliphatic rings. The summed E-state index contributed by atoms with van der Waals surface area (Å²) >= 11 is 6.12.